The average Bonchev–Trinajstić information content (AvgIpc) is 2.24. The van der Waals surface area contributed by atoms with E-state index in [-0.39, 0.29) is 10.6 Å². The minimum atomic E-state index is -0.229. The van der Waals surface area contributed by atoms with Gasteiger partial charge in [-0.15, -0.1) is 0 Å². The lowest BCUT2D eigenvalue weighted by atomic mass is 10.1. The Labute approximate surface area is 118 Å². The lowest BCUT2D eigenvalue weighted by Crippen LogP contribution is -2.15. The summed E-state index contributed by atoms with van der Waals surface area (Å²) in [7, 11) is 0. The second-order valence-electron chi connectivity index (χ2n) is 3.35. The van der Waals surface area contributed by atoms with E-state index in [0.717, 1.165) is 5.56 Å². The first-order valence-corrected chi connectivity index (χ1v) is 6.80. The molecule has 0 N–H and O–H groups in total. The lowest BCUT2D eigenvalue weighted by molar-refractivity contribution is -0.118. The number of rotatable bonds is 4. The Morgan fingerprint density at radius 1 is 1.25 bits per heavy atom. The summed E-state index contributed by atoms with van der Waals surface area (Å²) < 4.78 is 0. The molecule has 1 aromatic rings. The normalized spacial score (nSPS) is 12.6. The number of carbonyl (C=O) groups is 1. The van der Waals surface area contributed by atoms with Crippen molar-refractivity contribution in [1.82, 2.24) is 0 Å². The van der Waals surface area contributed by atoms with E-state index in [1.54, 1.807) is 12.1 Å². The third-order valence-electron chi connectivity index (χ3n) is 2.19. The van der Waals surface area contributed by atoms with E-state index in [2.05, 4.69) is 15.9 Å². The molecule has 0 aromatic heterocycles. The van der Waals surface area contributed by atoms with Crippen molar-refractivity contribution in [3.63, 3.8) is 0 Å². The molecular weight excluding hydrogens is 334 g/mol. The van der Waals surface area contributed by atoms with Crippen LogP contribution in [0.5, 0.6) is 0 Å². The van der Waals surface area contributed by atoms with Gasteiger partial charge in [0.2, 0.25) is 0 Å². The van der Waals surface area contributed by atoms with Crippen molar-refractivity contribution in [3.8, 4) is 0 Å². The molecule has 0 heterocycles. The predicted molar refractivity (Wildman–Crippen MR) is 73.2 cm³/mol. The van der Waals surface area contributed by atoms with Gasteiger partial charge in [0.15, 0.2) is 0 Å². The monoisotopic (exact) mass is 342 g/mol. The highest BCUT2D eigenvalue weighted by Gasteiger charge is 2.16. The van der Waals surface area contributed by atoms with Crippen molar-refractivity contribution in [3.05, 3.63) is 32.8 Å². The number of Topliss-reactive ketones (excluding diaryl/α,β-unsaturated/α-hetero) is 1. The Kier molecular flexibility index (Phi) is 5.58. The van der Waals surface area contributed by atoms with Gasteiger partial charge in [-0.1, -0.05) is 57.7 Å². The number of alkyl halides is 1. The number of ketones is 1. The van der Waals surface area contributed by atoms with Crippen LogP contribution in [0.3, 0.4) is 0 Å². The summed E-state index contributed by atoms with van der Waals surface area (Å²) in [5.41, 5.74) is 0.819. The first-order chi connectivity index (χ1) is 7.45. The van der Waals surface area contributed by atoms with Crippen molar-refractivity contribution in [2.24, 2.45) is 0 Å². The zero-order valence-corrected chi connectivity index (χ0v) is 12.4. The topological polar surface area (TPSA) is 17.1 Å². The number of benzene rings is 1. The Balaban J connectivity index is 2.89. The first kappa shape index (κ1) is 14.3. The van der Waals surface area contributed by atoms with Crippen LogP contribution in [-0.2, 0) is 11.2 Å². The van der Waals surface area contributed by atoms with Crippen LogP contribution in [0.15, 0.2) is 12.1 Å². The molecule has 1 rings (SSSR count). The molecule has 0 spiro atoms. The van der Waals surface area contributed by atoms with Crippen LogP contribution in [0.25, 0.3) is 0 Å². The van der Waals surface area contributed by atoms with Crippen LogP contribution in [-0.4, -0.2) is 10.6 Å². The first-order valence-electron chi connectivity index (χ1n) is 4.76. The van der Waals surface area contributed by atoms with Crippen LogP contribution in [0.4, 0.5) is 0 Å². The zero-order valence-electron chi connectivity index (χ0n) is 8.57. The highest BCUT2D eigenvalue weighted by Crippen LogP contribution is 2.30. The fourth-order valence-corrected chi connectivity index (χ4v) is 2.57. The lowest BCUT2D eigenvalue weighted by Gasteiger charge is -2.10. The van der Waals surface area contributed by atoms with Crippen LogP contribution in [0.2, 0.25) is 15.1 Å². The second-order valence-corrected chi connectivity index (χ2v) is 5.68. The molecule has 0 saturated heterocycles. The summed E-state index contributed by atoms with van der Waals surface area (Å²) in [6.07, 6.45) is 1.01. The Bertz CT molecular complexity index is 406. The van der Waals surface area contributed by atoms with E-state index in [1.165, 1.54) is 0 Å². The minimum absolute atomic E-state index is 0.141. The largest absolute Gasteiger partial charge is 0.298 e. The molecule has 5 heteroatoms. The fraction of sp³-hybridized carbons (Fsp3) is 0.364. The van der Waals surface area contributed by atoms with E-state index < -0.39 is 0 Å². The third kappa shape index (κ3) is 3.63. The van der Waals surface area contributed by atoms with Gasteiger partial charge < -0.3 is 0 Å². The maximum Gasteiger partial charge on any atom is 0.146 e. The van der Waals surface area contributed by atoms with E-state index in [1.807, 2.05) is 6.92 Å². The highest BCUT2D eigenvalue weighted by atomic mass is 79.9. The minimum Gasteiger partial charge on any atom is -0.298 e. The molecule has 1 atom stereocenters. The molecule has 16 heavy (non-hydrogen) atoms. The maximum absolute atomic E-state index is 11.4. The van der Waals surface area contributed by atoms with Crippen molar-refractivity contribution >= 4 is 56.5 Å². The van der Waals surface area contributed by atoms with Crippen LogP contribution >= 0.6 is 50.7 Å². The molecule has 0 saturated carbocycles. The molecule has 0 radical (unpaired) electrons. The van der Waals surface area contributed by atoms with Crippen LogP contribution in [0, 0.1) is 0 Å². The SMILES string of the molecule is CCC(=O)C(Br)Cc1cc(Cl)c(Cl)cc1Cl. The van der Waals surface area contributed by atoms with Gasteiger partial charge in [-0.05, 0) is 24.1 Å². The van der Waals surface area contributed by atoms with Gasteiger partial charge >= 0.3 is 0 Å². The molecule has 1 nitrogen and oxygen atoms in total. The summed E-state index contributed by atoms with van der Waals surface area (Å²) in [4.78, 5) is 11.2. The van der Waals surface area contributed by atoms with Crippen molar-refractivity contribution in [1.29, 1.82) is 0 Å². The average molecular weight is 344 g/mol. The summed E-state index contributed by atoms with van der Waals surface area (Å²) in [5, 5.41) is 1.40. The van der Waals surface area contributed by atoms with E-state index in [4.69, 9.17) is 34.8 Å². The van der Waals surface area contributed by atoms with Gasteiger partial charge in [-0.2, -0.15) is 0 Å². The molecule has 1 aromatic carbocycles. The Morgan fingerprint density at radius 2 is 1.81 bits per heavy atom. The van der Waals surface area contributed by atoms with Crippen molar-refractivity contribution in [2.75, 3.05) is 0 Å². The molecule has 0 fully saturated rings. The molecule has 0 bridgehead atoms. The maximum atomic E-state index is 11.4. The summed E-state index contributed by atoms with van der Waals surface area (Å²) >= 11 is 21.1. The van der Waals surface area contributed by atoms with Crippen LogP contribution in [0.1, 0.15) is 18.9 Å². The predicted octanol–water partition coefficient (Wildman–Crippen LogP) is 4.93. The number of halogens is 4. The Hall–Kier alpha value is 0.240. The molecule has 88 valence electrons. The third-order valence-corrected chi connectivity index (χ3v) is 4.09. The number of carbonyl (C=O) groups excluding carboxylic acids is 1. The summed E-state index contributed by atoms with van der Waals surface area (Å²) in [6.45, 7) is 1.83. The quantitative estimate of drug-likeness (QED) is 0.559. The number of hydrogen-bond acceptors (Lipinski definition) is 1. The van der Waals surface area contributed by atoms with Gasteiger partial charge in [-0.25, -0.2) is 0 Å². The highest BCUT2D eigenvalue weighted by molar-refractivity contribution is 9.10. The molecule has 0 aliphatic carbocycles. The molecule has 0 aliphatic heterocycles. The van der Waals surface area contributed by atoms with E-state index in [0.29, 0.717) is 27.9 Å². The van der Waals surface area contributed by atoms with Crippen molar-refractivity contribution < 1.29 is 4.79 Å². The van der Waals surface area contributed by atoms with Gasteiger partial charge in [0.25, 0.3) is 0 Å². The number of hydrogen-bond donors (Lipinski definition) is 0. The standard InChI is InChI=1S/C11H10BrCl3O/c1-2-11(16)7(12)3-6-4-9(14)10(15)5-8(6)13/h4-5,7H,2-3H2,1H3. The van der Waals surface area contributed by atoms with E-state index in [9.17, 15) is 4.79 Å². The zero-order chi connectivity index (χ0) is 12.3. The smallest absolute Gasteiger partial charge is 0.146 e. The van der Waals surface area contributed by atoms with Gasteiger partial charge in [-0.3, -0.25) is 4.79 Å². The second kappa shape index (κ2) is 6.25. The molecular formula is C11H10BrCl3O. The molecule has 0 aliphatic rings. The summed E-state index contributed by atoms with van der Waals surface area (Å²) in [5.74, 6) is 0.141. The van der Waals surface area contributed by atoms with Gasteiger partial charge in [0.05, 0.1) is 14.9 Å². The van der Waals surface area contributed by atoms with E-state index >= 15 is 0 Å². The summed E-state index contributed by atoms with van der Waals surface area (Å²) in [6, 6.07) is 3.29. The fourth-order valence-electron chi connectivity index (χ4n) is 1.25. The van der Waals surface area contributed by atoms with Gasteiger partial charge in [0.1, 0.15) is 5.78 Å². The Morgan fingerprint density at radius 3 is 2.38 bits per heavy atom. The van der Waals surface area contributed by atoms with Crippen LogP contribution < -0.4 is 0 Å². The van der Waals surface area contributed by atoms with Crippen molar-refractivity contribution in [2.45, 2.75) is 24.6 Å². The molecule has 0 amide bonds. The van der Waals surface area contributed by atoms with Gasteiger partial charge in [0, 0.05) is 11.4 Å². The molecule has 1 unspecified atom stereocenters.